The molecule has 3 N–H and O–H groups in total. The number of rotatable bonds is 1. The highest BCUT2D eigenvalue weighted by Gasteiger charge is 2.17. The molecule has 4 heteroatoms. The summed E-state index contributed by atoms with van der Waals surface area (Å²) in [5, 5.41) is 3.29. The first-order chi connectivity index (χ1) is 8.18. The van der Waals surface area contributed by atoms with Gasteiger partial charge in [-0.3, -0.25) is 4.79 Å². The van der Waals surface area contributed by atoms with Crippen LogP contribution in [0.3, 0.4) is 0 Å². The number of hydrogen-bond acceptors (Lipinski definition) is 3. The van der Waals surface area contributed by atoms with Crippen molar-refractivity contribution in [2.24, 2.45) is 0 Å². The van der Waals surface area contributed by atoms with Gasteiger partial charge in [0.15, 0.2) is 0 Å². The Labute approximate surface area is 102 Å². The van der Waals surface area contributed by atoms with Crippen LogP contribution in [0.1, 0.15) is 22.3 Å². The van der Waals surface area contributed by atoms with Gasteiger partial charge in [-0.25, -0.2) is 0 Å². The van der Waals surface area contributed by atoms with Crippen LogP contribution in [0.5, 0.6) is 0 Å². The number of amides is 1. The molecule has 1 aliphatic rings. The molecule has 1 aliphatic heterocycles. The average molecular weight is 233 g/mol. The van der Waals surface area contributed by atoms with Crippen LogP contribution in [0.4, 0.5) is 5.69 Å². The highest BCUT2D eigenvalue weighted by Crippen LogP contribution is 2.14. The lowest BCUT2D eigenvalue weighted by molar-refractivity contribution is 0.0766. The van der Waals surface area contributed by atoms with Gasteiger partial charge in [0.2, 0.25) is 0 Å². The van der Waals surface area contributed by atoms with E-state index in [1.807, 2.05) is 24.0 Å². The van der Waals surface area contributed by atoms with Crippen molar-refractivity contribution in [1.82, 2.24) is 10.2 Å². The summed E-state index contributed by atoms with van der Waals surface area (Å²) in [7, 11) is 0. The fourth-order valence-corrected chi connectivity index (χ4v) is 2.04. The van der Waals surface area contributed by atoms with Crippen LogP contribution in [-0.2, 0) is 0 Å². The molecule has 0 bridgehead atoms. The summed E-state index contributed by atoms with van der Waals surface area (Å²) >= 11 is 0. The smallest absolute Gasteiger partial charge is 0.253 e. The van der Waals surface area contributed by atoms with Gasteiger partial charge in [-0.1, -0.05) is 0 Å². The second-order valence-electron chi connectivity index (χ2n) is 4.47. The molecule has 0 radical (unpaired) electrons. The standard InChI is InChI=1S/C13H19N3O/c1-10-9-11(3-4-12(10)14)13(17)16-7-2-5-15-6-8-16/h3-4,9,15H,2,5-8,14H2,1H3. The van der Waals surface area contributed by atoms with Crippen molar-refractivity contribution >= 4 is 11.6 Å². The van der Waals surface area contributed by atoms with E-state index in [9.17, 15) is 4.79 Å². The van der Waals surface area contributed by atoms with E-state index in [0.717, 1.165) is 49.4 Å². The number of anilines is 1. The summed E-state index contributed by atoms with van der Waals surface area (Å²) in [6.45, 7) is 5.40. The lowest BCUT2D eigenvalue weighted by Crippen LogP contribution is -2.34. The fraction of sp³-hybridized carbons (Fsp3) is 0.462. The minimum absolute atomic E-state index is 0.108. The maximum absolute atomic E-state index is 12.3. The summed E-state index contributed by atoms with van der Waals surface area (Å²) in [6.07, 6.45) is 1.01. The quantitative estimate of drug-likeness (QED) is 0.712. The monoisotopic (exact) mass is 233 g/mol. The van der Waals surface area contributed by atoms with E-state index < -0.39 is 0 Å². The molecule has 1 amide bonds. The minimum Gasteiger partial charge on any atom is -0.399 e. The Morgan fingerprint density at radius 1 is 1.35 bits per heavy atom. The molecule has 2 rings (SSSR count). The van der Waals surface area contributed by atoms with Crippen LogP contribution in [0, 0.1) is 6.92 Å². The fourth-order valence-electron chi connectivity index (χ4n) is 2.04. The summed E-state index contributed by atoms with van der Waals surface area (Å²) in [5.41, 5.74) is 8.19. The Hall–Kier alpha value is -1.55. The van der Waals surface area contributed by atoms with Crippen LogP contribution >= 0.6 is 0 Å². The van der Waals surface area contributed by atoms with Crippen molar-refractivity contribution in [3.05, 3.63) is 29.3 Å². The number of nitrogens with one attached hydrogen (secondary N) is 1. The third-order valence-corrected chi connectivity index (χ3v) is 3.14. The second kappa shape index (κ2) is 5.19. The molecule has 1 aromatic carbocycles. The van der Waals surface area contributed by atoms with E-state index in [2.05, 4.69) is 5.32 Å². The Morgan fingerprint density at radius 2 is 2.18 bits per heavy atom. The van der Waals surface area contributed by atoms with Crippen molar-refractivity contribution in [3.8, 4) is 0 Å². The average Bonchev–Trinajstić information content (AvgIpc) is 2.60. The first kappa shape index (κ1) is 11.9. The van der Waals surface area contributed by atoms with E-state index >= 15 is 0 Å². The Morgan fingerprint density at radius 3 is 2.94 bits per heavy atom. The van der Waals surface area contributed by atoms with Crippen LogP contribution in [0.2, 0.25) is 0 Å². The normalized spacial score (nSPS) is 16.6. The first-order valence-electron chi connectivity index (χ1n) is 6.04. The number of carbonyl (C=O) groups excluding carboxylic acids is 1. The van der Waals surface area contributed by atoms with Gasteiger partial charge >= 0.3 is 0 Å². The minimum atomic E-state index is 0.108. The molecule has 1 saturated heterocycles. The molecule has 1 fully saturated rings. The summed E-state index contributed by atoms with van der Waals surface area (Å²) in [4.78, 5) is 14.2. The van der Waals surface area contributed by atoms with Gasteiger partial charge in [-0.2, -0.15) is 0 Å². The van der Waals surface area contributed by atoms with Gasteiger partial charge in [0.05, 0.1) is 0 Å². The Balaban J connectivity index is 2.14. The summed E-state index contributed by atoms with van der Waals surface area (Å²) < 4.78 is 0. The summed E-state index contributed by atoms with van der Waals surface area (Å²) in [5.74, 6) is 0.108. The molecule has 0 spiro atoms. The molecule has 17 heavy (non-hydrogen) atoms. The van der Waals surface area contributed by atoms with E-state index in [0.29, 0.717) is 0 Å². The molecule has 0 aromatic heterocycles. The molecular weight excluding hydrogens is 214 g/mol. The number of benzene rings is 1. The summed E-state index contributed by atoms with van der Waals surface area (Å²) in [6, 6.07) is 5.48. The molecule has 0 atom stereocenters. The molecule has 1 heterocycles. The molecule has 92 valence electrons. The van der Waals surface area contributed by atoms with Gasteiger partial charge < -0.3 is 16.0 Å². The van der Waals surface area contributed by atoms with E-state index in [1.54, 1.807) is 6.07 Å². The predicted molar refractivity (Wildman–Crippen MR) is 69.0 cm³/mol. The van der Waals surface area contributed by atoms with Gasteiger partial charge in [0.1, 0.15) is 0 Å². The lowest BCUT2D eigenvalue weighted by atomic mass is 10.1. The van der Waals surface area contributed by atoms with Crippen molar-refractivity contribution in [2.75, 3.05) is 31.9 Å². The third-order valence-electron chi connectivity index (χ3n) is 3.14. The molecule has 1 aromatic rings. The van der Waals surface area contributed by atoms with Crippen LogP contribution in [0.15, 0.2) is 18.2 Å². The first-order valence-corrected chi connectivity index (χ1v) is 6.04. The third kappa shape index (κ3) is 2.77. The van der Waals surface area contributed by atoms with Crippen LogP contribution < -0.4 is 11.1 Å². The molecular formula is C13H19N3O. The highest BCUT2D eigenvalue weighted by molar-refractivity contribution is 5.94. The SMILES string of the molecule is Cc1cc(C(=O)N2CCCNCC2)ccc1N. The predicted octanol–water partition coefficient (Wildman–Crippen LogP) is 1.01. The molecule has 4 nitrogen and oxygen atoms in total. The second-order valence-corrected chi connectivity index (χ2v) is 4.47. The lowest BCUT2D eigenvalue weighted by Gasteiger charge is -2.20. The topological polar surface area (TPSA) is 58.4 Å². The van der Waals surface area contributed by atoms with Gasteiger partial charge in [-0.05, 0) is 43.7 Å². The molecule has 0 saturated carbocycles. The zero-order valence-corrected chi connectivity index (χ0v) is 10.2. The zero-order chi connectivity index (χ0) is 12.3. The number of nitrogens with zero attached hydrogens (tertiary/aromatic N) is 1. The van der Waals surface area contributed by atoms with E-state index in [-0.39, 0.29) is 5.91 Å². The van der Waals surface area contributed by atoms with Gasteiger partial charge in [-0.15, -0.1) is 0 Å². The number of aryl methyl sites for hydroxylation is 1. The van der Waals surface area contributed by atoms with Crippen LogP contribution in [-0.4, -0.2) is 37.0 Å². The van der Waals surface area contributed by atoms with Gasteiger partial charge in [0, 0.05) is 30.9 Å². The number of carbonyl (C=O) groups is 1. The number of nitrogens with two attached hydrogens (primary N) is 1. The Kier molecular flexibility index (Phi) is 3.64. The van der Waals surface area contributed by atoms with Gasteiger partial charge in [0.25, 0.3) is 5.91 Å². The van der Waals surface area contributed by atoms with Crippen molar-refractivity contribution in [1.29, 1.82) is 0 Å². The number of nitrogen functional groups attached to an aromatic ring is 1. The maximum atomic E-state index is 12.3. The van der Waals surface area contributed by atoms with Crippen molar-refractivity contribution in [3.63, 3.8) is 0 Å². The van der Waals surface area contributed by atoms with Crippen molar-refractivity contribution < 1.29 is 4.79 Å². The maximum Gasteiger partial charge on any atom is 0.253 e. The Bertz CT molecular complexity index is 409. The molecule has 0 aliphatic carbocycles. The van der Waals surface area contributed by atoms with E-state index in [1.165, 1.54) is 0 Å². The largest absolute Gasteiger partial charge is 0.399 e. The van der Waals surface area contributed by atoms with Crippen LogP contribution in [0.25, 0.3) is 0 Å². The number of hydrogen-bond donors (Lipinski definition) is 2. The van der Waals surface area contributed by atoms with Crippen molar-refractivity contribution in [2.45, 2.75) is 13.3 Å². The van der Waals surface area contributed by atoms with E-state index in [4.69, 9.17) is 5.73 Å². The molecule has 0 unspecified atom stereocenters. The zero-order valence-electron chi connectivity index (χ0n) is 10.2. The highest BCUT2D eigenvalue weighted by atomic mass is 16.2.